The molecule has 0 radical (unpaired) electrons. The summed E-state index contributed by atoms with van der Waals surface area (Å²) in [5.41, 5.74) is 4.49. The van der Waals surface area contributed by atoms with Crippen LogP contribution in [-0.2, 0) is 4.79 Å². The van der Waals surface area contributed by atoms with Crippen molar-refractivity contribution in [2.24, 2.45) is 5.10 Å². The van der Waals surface area contributed by atoms with Gasteiger partial charge in [0.1, 0.15) is 0 Å². The fraction of sp³-hybridized carbons (Fsp3) is 0.0870. The van der Waals surface area contributed by atoms with Gasteiger partial charge in [-0.1, -0.05) is 29.4 Å². The summed E-state index contributed by atoms with van der Waals surface area (Å²) in [4.78, 5) is 16.4. The van der Waals surface area contributed by atoms with Crippen molar-refractivity contribution in [2.45, 2.75) is 5.16 Å². The number of phenols is 1. The van der Waals surface area contributed by atoms with Gasteiger partial charge in [0.2, 0.25) is 0 Å². The van der Waals surface area contributed by atoms with Crippen molar-refractivity contribution >= 4 is 35.5 Å². The normalized spacial score (nSPS) is 11.0. The molecule has 0 aliphatic carbocycles. The molecule has 0 aliphatic rings. The number of nitrogens with one attached hydrogen (secondary N) is 1. The molecule has 0 bridgehead atoms. The second-order valence-electron chi connectivity index (χ2n) is 6.83. The van der Waals surface area contributed by atoms with Crippen LogP contribution in [0.1, 0.15) is 5.56 Å². The summed E-state index contributed by atoms with van der Waals surface area (Å²) >= 11 is 7.26. The summed E-state index contributed by atoms with van der Waals surface area (Å²) in [6, 6.07) is 15.9. The van der Waals surface area contributed by atoms with Crippen molar-refractivity contribution in [3.05, 3.63) is 77.6 Å². The fourth-order valence-corrected chi connectivity index (χ4v) is 3.89. The number of phenolic OH excluding ortho intramolecular Hbond substituents is 1. The summed E-state index contributed by atoms with van der Waals surface area (Å²) in [7, 11) is 1.46. The van der Waals surface area contributed by atoms with E-state index in [1.54, 1.807) is 42.7 Å². The molecule has 2 aromatic heterocycles. The highest BCUT2D eigenvalue weighted by Gasteiger charge is 2.17. The fourth-order valence-electron chi connectivity index (χ4n) is 3.02. The molecule has 0 unspecified atom stereocenters. The van der Waals surface area contributed by atoms with Crippen molar-refractivity contribution in [1.29, 1.82) is 0 Å². The molecule has 2 heterocycles. The van der Waals surface area contributed by atoms with E-state index in [0.29, 0.717) is 27.3 Å². The maximum absolute atomic E-state index is 12.4. The Bertz CT molecular complexity index is 1310. The number of halogens is 1. The van der Waals surface area contributed by atoms with E-state index in [1.165, 1.54) is 25.1 Å². The number of aromatic hydroxyl groups is 1. The first-order valence-corrected chi connectivity index (χ1v) is 11.4. The highest BCUT2D eigenvalue weighted by Crippen LogP contribution is 2.29. The quantitative estimate of drug-likeness (QED) is 0.216. The number of rotatable bonds is 8. The highest BCUT2D eigenvalue weighted by atomic mass is 35.5. The van der Waals surface area contributed by atoms with E-state index in [4.69, 9.17) is 16.3 Å². The van der Waals surface area contributed by atoms with E-state index in [1.807, 2.05) is 28.8 Å². The van der Waals surface area contributed by atoms with Crippen LogP contribution in [0.5, 0.6) is 11.5 Å². The van der Waals surface area contributed by atoms with Gasteiger partial charge in [0.25, 0.3) is 5.91 Å². The van der Waals surface area contributed by atoms with Gasteiger partial charge in [0.15, 0.2) is 22.5 Å². The molecule has 0 saturated heterocycles. The number of thioether (sulfide) groups is 1. The van der Waals surface area contributed by atoms with E-state index < -0.39 is 0 Å². The highest BCUT2D eigenvalue weighted by molar-refractivity contribution is 7.99. The molecule has 9 nitrogen and oxygen atoms in total. The monoisotopic (exact) mass is 494 g/mol. The minimum Gasteiger partial charge on any atom is -0.504 e. The Morgan fingerprint density at radius 3 is 2.68 bits per heavy atom. The van der Waals surface area contributed by atoms with Gasteiger partial charge in [0.05, 0.1) is 19.1 Å². The molecule has 0 aliphatic heterocycles. The van der Waals surface area contributed by atoms with Gasteiger partial charge in [0, 0.05) is 34.2 Å². The molecule has 34 heavy (non-hydrogen) atoms. The first-order valence-electron chi connectivity index (χ1n) is 9.99. The van der Waals surface area contributed by atoms with Crippen LogP contribution in [0, 0.1) is 0 Å². The Labute approximate surface area is 204 Å². The molecule has 2 aromatic carbocycles. The first-order chi connectivity index (χ1) is 16.6. The van der Waals surface area contributed by atoms with Crippen molar-refractivity contribution < 1.29 is 14.6 Å². The van der Waals surface area contributed by atoms with Crippen LogP contribution in [0.3, 0.4) is 0 Å². The molecule has 2 N–H and O–H groups in total. The second-order valence-corrected chi connectivity index (χ2v) is 8.21. The van der Waals surface area contributed by atoms with E-state index in [9.17, 15) is 9.90 Å². The summed E-state index contributed by atoms with van der Waals surface area (Å²) in [6.07, 6.45) is 4.70. The lowest BCUT2D eigenvalue weighted by Gasteiger charge is -2.10. The Balaban J connectivity index is 1.49. The molecule has 0 atom stereocenters. The van der Waals surface area contributed by atoms with Gasteiger partial charge in [-0.2, -0.15) is 5.10 Å². The number of carbonyl (C=O) groups is 1. The van der Waals surface area contributed by atoms with Gasteiger partial charge < -0.3 is 9.84 Å². The lowest BCUT2D eigenvalue weighted by Crippen LogP contribution is -2.20. The number of hydrogen-bond acceptors (Lipinski definition) is 8. The SMILES string of the molecule is COc1cccc(/C=N\NC(=O)CSc2nnc(-c3ccncc3)n2-c2ccc(Cl)cc2)c1O. The summed E-state index contributed by atoms with van der Waals surface area (Å²) in [5, 5.41) is 23.7. The van der Waals surface area contributed by atoms with Gasteiger partial charge in [-0.05, 0) is 48.5 Å². The molecule has 0 saturated carbocycles. The Morgan fingerprint density at radius 1 is 1.18 bits per heavy atom. The predicted molar refractivity (Wildman–Crippen MR) is 131 cm³/mol. The number of ether oxygens (including phenoxy) is 1. The standard InChI is InChI=1S/C23H19ClN6O3S/c1-33-19-4-2-3-16(21(19)32)13-26-27-20(31)14-34-23-29-28-22(15-9-11-25-12-10-15)30(23)18-7-5-17(24)6-8-18/h2-13,32H,14H2,1H3,(H,27,31)/b26-13-. The van der Waals surface area contributed by atoms with Crippen molar-refractivity contribution in [3.8, 4) is 28.6 Å². The molecule has 4 aromatic rings. The number of para-hydroxylation sites is 1. The van der Waals surface area contributed by atoms with Gasteiger partial charge in [-0.3, -0.25) is 14.3 Å². The second kappa shape index (κ2) is 10.8. The Morgan fingerprint density at radius 2 is 1.94 bits per heavy atom. The molecule has 172 valence electrons. The molecule has 1 amide bonds. The number of pyridine rings is 1. The van der Waals surface area contributed by atoms with Crippen molar-refractivity contribution in [1.82, 2.24) is 25.2 Å². The van der Waals surface area contributed by atoms with Crippen LogP contribution < -0.4 is 10.2 Å². The van der Waals surface area contributed by atoms with Crippen LogP contribution in [0.2, 0.25) is 5.02 Å². The average Bonchev–Trinajstić information content (AvgIpc) is 3.29. The first kappa shape index (κ1) is 23.3. The lowest BCUT2D eigenvalue weighted by atomic mass is 10.2. The number of carbonyl (C=O) groups excluding carboxylic acids is 1. The van der Waals surface area contributed by atoms with E-state index in [-0.39, 0.29) is 17.4 Å². The molecular formula is C23H19ClN6O3S. The summed E-state index contributed by atoms with van der Waals surface area (Å²) in [6.45, 7) is 0. The molecule has 0 spiro atoms. The summed E-state index contributed by atoms with van der Waals surface area (Å²) < 4.78 is 6.91. The average molecular weight is 495 g/mol. The lowest BCUT2D eigenvalue weighted by molar-refractivity contribution is -0.118. The smallest absolute Gasteiger partial charge is 0.250 e. The number of aromatic nitrogens is 4. The molecular weight excluding hydrogens is 476 g/mol. The molecule has 11 heteroatoms. The number of hydrogen-bond donors (Lipinski definition) is 2. The predicted octanol–water partition coefficient (Wildman–Crippen LogP) is 3.94. The van der Waals surface area contributed by atoms with Gasteiger partial charge in [-0.15, -0.1) is 10.2 Å². The number of hydrazone groups is 1. The number of amides is 1. The zero-order valence-corrected chi connectivity index (χ0v) is 19.5. The van der Waals surface area contributed by atoms with E-state index in [0.717, 1.165) is 11.3 Å². The third-order valence-electron chi connectivity index (χ3n) is 4.63. The van der Waals surface area contributed by atoms with Gasteiger partial charge >= 0.3 is 0 Å². The largest absolute Gasteiger partial charge is 0.504 e. The zero-order valence-electron chi connectivity index (χ0n) is 17.9. The minimum atomic E-state index is -0.347. The number of benzene rings is 2. The van der Waals surface area contributed by atoms with Gasteiger partial charge in [-0.25, -0.2) is 5.43 Å². The van der Waals surface area contributed by atoms with Crippen LogP contribution in [0.25, 0.3) is 17.1 Å². The van der Waals surface area contributed by atoms with Crippen molar-refractivity contribution in [3.63, 3.8) is 0 Å². The number of methoxy groups -OCH3 is 1. The van der Waals surface area contributed by atoms with Crippen LogP contribution >= 0.6 is 23.4 Å². The van der Waals surface area contributed by atoms with E-state index in [2.05, 4.69) is 25.7 Å². The minimum absolute atomic E-state index is 0.0451. The molecule has 0 fully saturated rings. The van der Waals surface area contributed by atoms with E-state index >= 15 is 0 Å². The maximum Gasteiger partial charge on any atom is 0.250 e. The van der Waals surface area contributed by atoms with Crippen LogP contribution in [0.4, 0.5) is 0 Å². The van der Waals surface area contributed by atoms with Crippen LogP contribution in [-0.4, -0.2) is 49.8 Å². The third-order valence-corrected chi connectivity index (χ3v) is 5.81. The molecule has 4 rings (SSSR count). The maximum atomic E-state index is 12.4. The van der Waals surface area contributed by atoms with Crippen LogP contribution in [0.15, 0.2) is 77.2 Å². The van der Waals surface area contributed by atoms with Crippen molar-refractivity contribution in [2.75, 3.05) is 12.9 Å². The Hall–Kier alpha value is -3.89. The zero-order chi connectivity index (χ0) is 23.9. The topological polar surface area (TPSA) is 115 Å². The Kier molecular flexibility index (Phi) is 7.41. The third kappa shape index (κ3) is 5.36. The summed E-state index contributed by atoms with van der Waals surface area (Å²) in [5.74, 6) is 0.567. The number of nitrogens with zero attached hydrogens (tertiary/aromatic N) is 5.